The van der Waals surface area contributed by atoms with Crippen molar-refractivity contribution in [3.8, 4) is 11.6 Å². The third-order valence-electron chi connectivity index (χ3n) is 9.21. The highest BCUT2D eigenvalue weighted by Crippen LogP contribution is 2.45. The highest BCUT2D eigenvalue weighted by molar-refractivity contribution is 6.02. The zero-order chi connectivity index (χ0) is 34.2. The van der Waals surface area contributed by atoms with Crippen molar-refractivity contribution in [2.24, 2.45) is 11.3 Å². The van der Waals surface area contributed by atoms with Crippen molar-refractivity contribution in [2.45, 2.75) is 78.9 Å². The van der Waals surface area contributed by atoms with E-state index < -0.39 is 34.1 Å². The Hall–Kier alpha value is -3.91. The molecule has 1 amide bonds. The van der Waals surface area contributed by atoms with E-state index in [-0.39, 0.29) is 34.7 Å². The number of carbonyl (C=O) groups is 1. The molecule has 1 unspecified atom stereocenters. The predicted octanol–water partition coefficient (Wildman–Crippen LogP) is 4.00. The number of anilines is 1. The van der Waals surface area contributed by atoms with Gasteiger partial charge in [0.25, 0.3) is 11.8 Å². The van der Waals surface area contributed by atoms with Gasteiger partial charge in [0.15, 0.2) is 17.4 Å². The van der Waals surface area contributed by atoms with Gasteiger partial charge in [0.2, 0.25) is 11.2 Å². The smallest absolute Gasteiger partial charge is 0.423 e. The Labute approximate surface area is 273 Å². The fraction of sp³-hybridized carbons (Fsp3) is 0.636. The van der Waals surface area contributed by atoms with Crippen LogP contribution in [0.2, 0.25) is 0 Å². The number of hydrogen-bond donors (Lipinski definition) is 0. The van der Waals surface area contributed by atoms with Crippen molar-refractivity contribution in [1.29, 1.82) is 0 Å². The lowest BCUT2D eigenvalue weighted by Crippen LogP contribution is -2.62. The van der Waals surface area contributed by atoms with Gasteiger partial charge in [-0.05, 0) is 79.6 Å². The van der Waals surface area contributed by atoms with Gasteiger partial charge in [0.05, 0.1) is 5.56 Å². The summed E-state index contributed by atoms with van der Waals surface area (Å²) >= 11 is 0. The lowest BCUT2D eigenvalue weighted by molar-refractivity contribution is -0.0343. The molecule has 0 N–H and O–H groups in total. The quantitative estimate of drug-likeness (QED) is 0.261. The minimum absolute atomic E-state index is 0.0547. The Morgan fingerprint density at radius 1 is 1.04 bits per heavy atom. The number of hydrogen-bond acceptors (Lipinski definition) is 12. The Morgan fingerprint density at radius 2 is 1.70 bits per heavy atom. The molecular formula is C33H46FN7O6. The average Bonchev–Trinajstić information content (AvgIpc) is 3.42. The molecule has 4 heterocycles. The summed E-state index contributed by atoms with van der Waals surface area (Å²) in [5.74, 6) is -1.06. The first-order valence-electron chi connectivity index (χ1n) is 16.3. The normalized spacial score (nSPS) is 17.0. The summed E-state index contributed by atoms with van der Waals surface area (Å²) in [6.07, 6.45) is 4.57. The molecule has 0 saturated carbocycles. The van der Waals surface area contributed by atoms with Gasteiger partial charge in [0.1, 0.15) is 6.33 Å². The molecule has 0 radical (unpaired) electrons. The van der Waals surface area contributed by atoms with Gasteiger partial charge in [-0.1, -0.05) is 13.8 Å². The molecule has 3 aromatic rings. The summed E-state index contributed by atoms with van der Waals surface area (Å²) in [5.41, 5.74) is -4.07. The third-order valence-corrected chi connectivity index (χ3v) is 9.21. The summed E-state index contributed by atoms with van der Waals surface area (Å²) < 4.78 is 31.7. The summed E-state index contributed by atoms with van der Waals surface area (Å²) in [6.45, 7) is 16.3. The second-order valence-electron chi connectivity index (χ2n) is 14.1. The number of likely N-dealkylation sites (tertiary alicyclic amines) is 1. The van der Waals surface area contributed by atoms with Crippen molar-refractivity contribution in [3.63, 3.8) is 0 Å². The number of aromatic nitrogens is 3. The van der Waals surface area contributed by atoms with Crippen LogP contribution in [0.25, 0.3) is 11.2 Å². The summed E-state index contributed by atoms with van der Waals surface area (Å²) in [5, 5.41) is 8.10. The zero-order valence-corrected chi connectivity index (χ0v) is 28.6. The van der Waals surface area contributed by atoms with E-state index in [9.17, 15) is 14.4 Å². The van der Waals surface area contributed by atoms with Crippen LogP contribution >= 0.6 is 0 Å². The monoisotopic (exact) mass is 655 g/mol. The maximum atomic E-state index is 15.3. The van der Waals surface area contributed by atoms with Gasteiger partial charge in [-0.15, -0.1) is 10.2 Å². The standard InChI is InChI=1S/C33H46FN7O6/c1-19(2)24(10-9-12-38(7)8)40-16-33(17-40)11-13-39(15-33)28-29(37-36-18-35-28)45-25-22(30(42)41(20(3)4)21(5)6)14-23(34)26-27(25)47-32(44)31(43)46-26/h14,18-21,24H,9-13,15-17H2,1-8H3. The summed E-state index contributed by atoms with van der Waals surface area (Å²) in [7, 11) is 4.21. The van der Waals surface area contributed by atoms with E-state index in [0.717, 1.165) is 51.5 Å². The van der Waals surface area contributed by atoms with Crippen LogP contribution in [0.1, 0.15) is 71.2 Å². The number of fused-ring (bicyclic) bond motifs is 1. The van der Waals surface area contributed by atoms with Gasteiger partial charge in [0, 0.05) is 49.7 Å². The van der Waals surface area contributed by atoms with E-state index in [1.54, 1.807) is 0 Å². The Morgan fingerprint density at radius 3 is 2.32 bits per heavy atom. The number of benzene rings is 1. The zero-order valence-electron chi connectivity index (χ0n) is 28.6. The Kier molecular flexibility index (Phi) is 10.0. The molecule has 2 saturated heterocycles. The predicted molar refractivity (Wildman–Crippen MR) is 175 cm³/mol. The molecular weight excluding hydrogens is 609 g/mol. The molecule has 0 bridgehead atoms. The van der Waals surface area contributed by atoms with Gasteiger partial charge in [-0.25, -0.2) is 19.0 Å². The van der Waals surface area contributed by atoms with Crippen molar-refractivity contribution in [2.75, 3.05) is 51.7 Å². The largest absolute Gasteiger partial charge is 0.430 e. The molecule has 0 aliphatic carbocycles. The van der Waals surface area contributed by atoms with Crippen LogP contribution in [0.4, 0.5) is 10.2 Å². The van der Waals surface area contributed by atoms with Crippen LogP contribution in [0.3, 0.4) is 0 Å². The molecule has 47 heavy (non-hydrogen) atoms. The second kappa shape index (κ2) is 13.7. The lowest BCUT2D eigenvalue weighted by atomic mass is 9.76. The molecule has 2 fully saturated rings. The molecule has 256 valence electrons. The maximum absolute atomic E-state index is 15.3. The number of halogens is 1. The highest BCUT2D eigenvalue weighted by Gasteiger charge is 2.50. The first-order valence-corrected chi connectivity index (χ1v) is 16.3. The molecule has 2 aliphatic rings. The third kappa shape index (κ3) is 7.03. The van der Waals surface area contributed by atoms with E-state index in [1.165, 1.54) is 11.2 Å². The molecule has 2 aromatic heterocycles. The number of amides is 1. The minimum atomic E-state index is -1.39. The number of carbonyl (C=O) groups excluding carboxylic acids is 1. The highest BCUT2D eigenvalue weighted by atomic mass is 19.1. The SMILES string of the molecule is CC(C)C(CCCN(C)C)N1CC2(CCN(c3ncnnc3Oc3c(C(=O)N(C(C)C)C(C)C)cc(F)c4oc(=O)c(=O)oc34)C2)C1. The van der Waals surface area contributed by atoms with E-state index >= 15 is 4.39 Å². The average molecular weight is 656 g/mol. The van der Waals surface area contributed by atoms with Crippen molar-refractivity contribution >= 4 is 22.9 Å². The van der Waals surface area contributed by atoms with Crippen LogP contribution in [0, 0.1) is 17.2 Å². The Balaban J connectivity index is 1.45. The topological polar surface area (TPSA) is 138 Å². The number of ether oxygens (including phenoxy) is 1. The van der Waals surface area contributed by atoms with Crippen LogP contribution in [-0.2, 0) is 0 Å². The molecule has 5 rings (SSSR count). The first-order chi connectivity index (χ1) is 22.2. The summed E-state index contributed by atoms with van der Waals surface area (Å²) in [6, 6.07) is 0.925. The number of rotatable bonds is 12. The van der Waals surface area contributed by atoms with E-state index in [0.29, 0.717) is 24.3 Å². The lowest BCUT2D eigenvalue weighted by Gasteiger charge is -2.53. The molecule has 1 atom stereocenters. The molecule has 1 aromatic carbocycles. The van der Waals surface area contributed by atoms with Crippen LogP contribution < -0.4 is 20.9 Å². The van der Waals surface area contributed by atoms with Crippen LogP contribution in [0.15, 0.2) is 30.8 Å². The van der Waals surface area contributed by atoms with Crippen molar-refractivity contribution < 1.29 is 22.8 Å². The van der Waals surface area contributed by atoms with E-state index in [1.807, 2.05) is 27.7 Å². The van der Waals surface area contributed by atoms with E-state index in [4.69, 9.17) is 13.6 Å². The van der Waals surface area contributed by atoms with Crippen molar-refractivity contribution in [1.82, 2.24) is 29.9 Å². The molecule has 13 nitrogen and oxygen atoms in total. The summed E-state index contributed by atoms with van der Waals surface area (Å²) in [4.78, 5) is 51.0. The molecule has 2 aliphatic heterocycles. The Bertz CT molecular complexity index is 1710. The van der Waals surface area contributed by atoms with Gasteiger partial charge in [-0.2, -0.15) is 0 Å². The van der Waals surface area contributed by atoms with Gasteiger partial charge >= 0.3 is 11.3 Å². The van der Waals surface area contributed by atoms with Crippen LogP contribution in [0.5, 0.6) is 11.6 Å². The maximum Gasteiger partial charge on any atom is 0.423 e. The molecule has 14 heteroatoms. The minimum Gasteiger partial charge on any atom is -0.430 e. The first kappa shape index (κ1) is 34.4. The van der Waals surface area contributed by atoms with Crippen LogP contribution in [-0.4, -0.2) is 101 Å². The fourth-order valence-corrected chi connectivity index (χ4v) is 7.13. The van der Waals surface area contributed by atoms with Gasteiger partial charge < -0.3 is 28.3 Å². The molecule has 1 spiro atoms. The van der Waals surface area contributed by atoms with Crippen molar-refractivity contribution in [3.05, 3.63) is 44.6 Å². The van der Waals surface area contributed by atoms with E-state index in [2.05, 4.69) is 57.8 Å². The fourth-order valence-electron chi connectivity index (χ4n) is 7.13. The van der Waals surface area contributed by atoms with Gasteiger partial charge in [-0.3, -0.25) is 9.69 Å². The second-order valence-corrected chi connectivity index (χ2v) is 14.1. The number of nitrogens with zero attached hydrogens (tertiary/aromatic N) is 7.